The minimum absolute atomic E-state index is 0.0527. The maximum absolute atomic E-state index is 13.2. The summed E-state index contributed by atoms with van der Waals surface area (Å²) in [5.41, 5.74) is 4.84. The smallest absolute Gasteiger partial charge is 0.243 e. The molecule has 1 fully saturated rings. The standard InChI is InChI=1S/C28H34N2O3S/c1-21(2)33-27-11-13-28(14-12-27)34(31,32)30-17-15-22(16-18-30)23-7-5-8-24(19-23)25-9-6-10-26(20-25)29(3)4/h5-14,19-22H,15-18H2,1-4H3. The van der Waals surface area contributed by atoms with Crippen LogP contribution in [0.4, 0.5) is 5.69 Å². The molecule has 0 aliphatic carbocycles. The van der Waals surface area contributed by atoms with Gasteiger partial charge in [0.05, 0.1) is 11.0 Å². The Kier molecular flexibility index (Phi) is 7.29. The van der Waals surface area contributed by atoms with Crippen molar-refractivity contribution in [2.75, 3.05) is 32.1 Å². The molecule has 1 heterocycles. The fourth-order valence-electron chi connectivity index (χ4n) is 4.48. The van der Waals surface area contributed by atoms with Crippen LogP contribution in [0.2, 0.25) is 0 Å². The lowest BCUT2D eigenvalue weighted by molar-refractivity contribution is 0.242. The molecule has 3 aromatic rings. The van der Waals surface area contributed by atoms with Crippen LogP contribution in [0.1, 0.15) is 38.2 Å². The maximum atomic E-state index is 13.2. The molecule has 0 bridgehead atoms. The van der Waals surface area contributed by atoms with Crippen LogP contribution in [0.15, 0.2) is 77.7 Å². The van der Waals surface area contributed by atoms with E-state index in [0.717, 1.165) is 12.8 Å². The number of rotatable bonds is 7. The number of ether oxygens (including phenoxy) is 1. The van der Waals surface area contributed by atoms with Crippen LogP contribution in [0.5, 0.6) is 5.75 Å². The van der Waals surface area contributed by atoms with E-state index in [2.05, 4.69) is 53.4 Å². The van der Waals surface area contributed by atoms with Gasteiger partial charge in [-0.25, -0.2) is 8.42 Å². The van der Waals surface area contributed by atoms with Crippen LogP contribution >= 0.6 is 0 Å². The maximum Gasteiger partial charge on any atom is 0.243 e. The highest BCUT2D eigenvalue weighted by Crippen LogP contribution is 2.33. The van der Waals surface area contributed by atoms with E-state index in [9.17, 15) is 8.42 Å². The first kappa shape index (κ1) is 24.3. The summed E-state index contributed by atoms with van der Waals surface area (Å²) in [6.45, 7) is 4.95. The Morgan fingerprint density at radius 1 is 0.882 bits per heavy atom. The van der Waals surface area contributed by atoms with Crippen LogP contribution in [-0.2, 0) is 10.0 Å². The number of piperidine rings is 1. The molecule has 0 spiro atoms. The zero-order valence-electron chi connectivity index (χ0n) is 20.4. The van der Waals surface area contributed by atoms with Crippen LogP contribution in [0.3, 0.4) is 0 Å². The highest BCUT2D eigenvalue weighted by molar-refractivity contribution is 7.89. The van der Waals surface area contributed by atoms with Crippen molar-refractivity contribution >= 4 is 15.7 Å². The lowest BCUT2D eigenvalue weighted by Gasteiger charge is -2.31. The quantitative estimate of drug-likeness (QED) is 0.432. The number of anilines is 1. The number of sulfonamides is 1. The van der Waals surface area contributed by atoms with E-state index in [1.807, 2.05) is 27.9 Å². The molecule has 5 nitrogen and oxygen atoms in total. The van der Waals surface area contributed by atoms with Crippen molar-refractivity contribution in [2.45, 2.75) is 43.6 Å². The van der Waals surface area contributed by atoms with E-state index in [1.54, 1.807) is 28.6 Å². The second-order valence-electron chi connectivity index (χ2n) is 9.39. The summed E-state index contributed by atoms with van der Waals surface area (Å²) >= 11 is 0. The monoisotopic (exact) mass is 478 g/mol. The van der Waals surface area contributed by atoms with Gasteiger partial charge in [0.1, 0.15) is 5.75 Å². The van der Waals surface area contributed by atoms with Gasteiger partial charge < -0.3 is 9.64 Å². The third kappa shape index (κ3) is 5.45. The molecule has 1 aliphatic heterocycles. The molecule has 0 radical (unpaired) electrons. The molecule has 4 rings (SSSR count). The Hall–Kier alpha value is -2.83. The zero-order chi connectivity index (χ0) is 24.3. The number of hydrogen-bond donors (Lipinski definition) is 0. The fourth-order valence-corrected chi connectivity index (χ4v) is 5.95. The minimum Gasteiger partial charge on any atom is -0.491 e. The predicted molar refractivity (Wildman–Crippen MR) is 139 cm³/mol. The number of hydrogen-bond acceptors (Lipinski definition) is 4. The number of benzene rings is 3. The predicted octanol–water partition coefficient (Wildman–Crippen LogP) is 5.78. The first-order chi connectivity index (χ1) is 16.2. The van der Waals surface area contributed by atoms with Gasteiger partial charge in [-0.1, -0.05) is 36.4 Å². The molecule has 34 heavy (non-hydrogen) atoms. The van der Waals surface area contributed by atoms with Crippen molar-refractivity contribution in [2.24, 2.45) is 0 Å². The van der Waals surface area contributed by atoms with Crippen LogP contribution in [0.25, 0.3) is 11.1 Å². The Morgan fingerprint density at radius 3 is 2.12 bits per heavy atom. The third-order valence-electron chi connectivity index (χ3n) is 6.34. The summed E-state index contributed by atoms with van der Waals surface area (Å²) in [6.07, 6.45) is 1.68. The lowest BCUT2D eigenvalue weighted by atomic mass is 9.88. The molecule has 1 aliphatic rings. The van der Waals surface area contributed by atoms with Gasteiger partial charge in [0, 0.05) is 32.9 Å². The van der Waals surface area contributed by atoms with Gasteiger partial charge in [0.2, 0.25) is 10.0 Å². The molecule has 1 saturated heterocycles. The summed E-state index contributed by atoms with van der Waals surface area (Å²) in [4.78, 5) is 2.43. The van der Waals surface area contributed by atoms with E-state index < -0.39 is 10.0 Å². The van der Waals surface area contributed by atoms with Crippen molar-refractivity contribution in [3.63, 3.8) is 0 Å². The van der Waals surface area contributed by atoms with E-state index >= 15 is 0 Å². The van der Waals surface area contributed by atoms with Crippen molar-refractivity contribution in [1.82, 2.24) is 4.31 Å². The molecule has 3 aromatic carbocycles. The topological polar surface area (TPSA) is 49.9 Å². The molecule has 0 amide bonds. The van der Waals surface area contributed by atoms with Gasteiger partial charge in [-0.15, -0.1) is 0 Å². The average molecular weight is 479 g/mol. The SMILES string of the molecule is CC(C)Oc1ccc(S(=O)(=O)N2CCC(c3cccc(-c4cccc(N(C)C)c4)c3)CC2)cc1. The zero-order valence-corrected chi connectivity index (χ0v) is 21.3. The van der Waals surface area contributed by atoms with E-state index in [4.69, 9.17) is 4.74 Å². The Morgan fingerprint density at radius 2 is 1.50 bits per heavy atom. The van der Waals surface area contributed by atoms with Crippen molar-refractivity contribution in [3.8, 4) is 16.9 Å². The minimum atomic E-state index is -3.50. The molecular formula is C28H34N2O3S. The number of nitrogens with zero attached hydrogens (tertiary/aromatic N) is 2. The van der Waals surface area contributed by atoms with Crippen molar-refractivity contribution < 1.29 is 13.2 Å². The Bertz CT molecular complexity index is 1210. The van der Waals surface area contributed by atoms with Crippen LogP contribution < -0.4 is 9.64 Å². The van der Waals surface area contributed by atoms with E-state index in [1.165, 1.54) is 22.4 Å². The summed E-state index contributed by atoms with van der Waals surface area (Å²) in [5.74, 6) is 1.04. The van der Waals surface area contributed by atoms with Crippen LogP contribution in [0, 0.1) is 0 Å². The average Bonchev–Trinajstić information content (AvgIpc) is 2.84. The molecule has 0 saturated carbocycles. The van der Waals surface area contributed by atoms with Gasteiger partial charge in [0.25, 0.3) is 0 Å². The van der Waals surface area contributed by atoms with Crippen LogP contribution in [-0.4, -0.2) is 46.0 Å². The molecule has 0 unspecified atom stereocenters. The molecule has 6 heteroatoms. The normalized spacial score (nSPS) is 15.4. The highest BCUT2D eigenvalue weighted by atomic mass is 32.2. The van der Waals surface area contributed by atoms with E-state index in [0.29, 0.717) is 29.7 Å². The summed E-state index contributed by atoms with van der Waals surface area (Å²) in [6, 6.07) is 24.0. The van der Waals surface area contributed by atoms with Gasteiger partial charge in [-0.3, -0.25) is 0 Å². The second-order valence-corrected chi connectivity index (χ2v) is 11.3. The molecular weight excluding hydrogens is 444 g/mol. The molecule has 180 valence electrons. The third-order valence-corrected chi connectivity index (χ3v) is 8.25. The summed E-state index contributed by atoms with van der Waals surface area (Å²) in [7, 11) is 0.590. The molecule has 0 N–H and O–H groups in total. The Balaban J connectivity index is 1.45. The van der Waals surface area contributed by atoms with E-state index in [-0.39, 0.29) is 6.10 Å². The van der Waals surface area contributed by atoms with Gasteiger partial charge in [0.15, 0.2) is 0 Å². The largest absolute Gasteiger partial charge is 0.491 e. The second kappa shape index (κ2) is 10.2. The first-order valence-corrected chi connectivity index (χ1v) is 13.3. The van der Waals surface area contributed by atoms with Crippen molar-refractivity contribution in [3.05, 3.63) is 78.4 Å². The first-order valence-electron chi connectivity index (χ1n) is 11.9. The van der Waals surface area contributed by atoms with Crippen molar-refractivity contribution in [1.29, 1.82) is 0 Å². The molecule has 0 atom stereocenters. The van der Waals surface area contributed by atoms with Gasteiger partial charge in [-0.05, 0) is 85.7 Å². The fraction of sp³-hybridized carbons (Fsp3) is 0.357. The summed E-state index contributed by atoms with van der Waals surface area (Å²) < 4.78 is 33.6. The lowest BCUT2D eigenvalue weighted by Crippen LogP contribution is -2.37. The summed E-state index contributed by atoms with van der Waals surface area (Å²) in [5, 5.41) is 0. The Labute approximate surface area is 204 Å². The highest BCUT2D eigenvalue weighted by Gasteiger charge is 2.30. The van der Waals surface area contributed by atoms with Gasteiger partial charge in [-0.2, -0.15) is 4.31 Å². The molecule has 0 aromatic heterocycles. The van der Waals surface area contributed by atoms with Gasteiger partial charge >= 0.3 is 0 Å².